The zero-order valence-electron chi connectivity index (χ0n) is 31.6. The van der Waals surface area contributed by atoms with E-state index in [9.17, 15) is 10.2 Å². The van der Waals surface area contributed by atoms with E-state index in [1.807, 2.05) is 72.8 Å². The molecule has 0 saturated heterocycles. The molecule has 26 heteroatoms. The summed E-state index contributed by atoms with van der Waals surface area (Å²) in [5.41, 5.74) is 4.62. The molecule has 0 bridgehead atoms. The molecule has 24 nitrogen and oxygen atoms in total. The van der Waals surface area contributed by atoms with E-state index >= 15 is 0 Å². The first-order valence-corrected chi connectivity index (χ1v) is 16.1. The molecule has 0 aliphatic rings. The van der Waals surface area contributed by atoms with Crippen LogP contribution in [-0.4, -0.2) is 57.0 Å². The number of aromatic nitrogens is 2. The Bertz CT molecular complexity index is 2190. The molecule has 2 radical (unpaired) electrons. The second kappa shape index (κ2) is 32.3. The monoisotopic (exact) mass is 1160 g/mol. The molecule has 0 aliphatic carbocycles. The van der Waals surface area contributed by atoms with E-state index in [-0.39, 0.29) is 86.1 Å². The molecule has 0 unspecified atom stereocenters. The maximum Gasteiger partial charge on any atom is 3.00 e. The minimum atomic E-state index is -1.75. The van der Waals surface area contributed by atoms with Gasteiger partial charge in [-0.25, -0.2) is 9.97 Å². The van der Waals surface area contributed by atoms with Gasteiger partial charge in [0, 0.05) is 23.2 Å². The molecule has 6 aromatic rings. The van der Waals surface area contributed by atoms with Crippen LogP contribution in [0.2, 0.25) is 0 Å². The van der Waals surface area contributed by atoms with Crippen LogP contribution in [0.15, 0.2) is 119 Å². The number of benzene rings is 4. The fraction of sp³-hybridized carbons (Fsp3) is 0.111. The van der Waals surface area contributed by atoms with Gasteiger partial charge in [-0.2, -0.15) is 0 Å². The van der Waals surface area contributed by atoms with Gasteiger partial charge >= 0.3 is 74.6 Å². The van der Waals surface area contributed by atoms with Crippen LogP contribution in [0.5, 0.6) is 23.0 Å². The number of pyridine rings is 2. The Morgan fingerprint density at radius 2 is 0.790 bits per heavy atom. The number of aliphatic imine (C=N–C) groups is 2. The molecular formula is C36H30Er2N8O16. The van der Waals surface area contributed by atoms with Crippen LogP contribution in [0.4, 0.5) is 0 Å². The standard InChI is InChI=1S/2C18H16N2O2.2Er.4NO3/c2*1-22-17-8-4-6-14(18(17)21)11-19-12-15-10-9-13-5-2-3-7-16(13)20-15;;;4*2-1(3)4/h2*2-10,12,21H,11H2,1H3;;;;;;/q;;2*+3;4*-1/p-2. The summed E-state index contributed by atoms with van der Waals surface area (Å²) >= 11 is 0. The van der Waals surface area contributed by atoms with Gasteiger partial charge in [-0.3, -0.25) is 9.98 Å². The zero-order chi connectivity index (χ0) is 45.0. The Labute approximate surface area is 408 Å². The van der Waals surface area contributed by atoms with E-state index in [2.05, 4.69) is 20.0 Å². The number of hydrogen-bond donors (Lipinski definition) is 0. The summed E-state index contributed by atoms with van der Waals surface area (Å²) in [4.78, 5) is 50.6. The molecule has 2 aromatic heterocycles. The smallest absolute Gasteiger partial charge is 0.870 e. The van der Waals surface area contributed by atoms with E-state index in [0.717, 1.165) is 33.2 Å². The minimum absolute atomic E-state index is 0. The van der Waals surface area contributed by atoms with Crippen molar-refractivity contribution in [1.29, 1.82) is 0 Å². The molecule has 2 heterocycles. The molecule has 0 fully saturated rings. The van der Waals surface area contributed by atoms with Crippen molar-refractivity contribution >= 4 is 34.2 Å². The van der Waals surface area contributed by atoms with Gasteiger partial charge in [-0.15, -0.1) is 0 Å². The number of rotatable bonds is 8. The van der Waals surface area contributed by atoms with Crippen molar-refractivity contribution in [3.8, 4) is 23.0 Å². The molecule has 0 atom stereocenters. The predicted molar refractivity (Wildman–Crippen MR) is 212 cm³/mol. The Balaban J connectivity index is 0. The van der Waals surface area contributed by atoms with Crippen LogP contribution in [0.1, 0.15) is 22.5 Å². The second-order valence-electron chi connectivity index (χ2n) is 10.6. The molecule has 334 valence electrons. The van der Waals surface area contributed by atoms with Gasteiger partial charge < -0.3 is 81.0 Å². The topological polar surface area (TPSA) is 380 Å². The normalized spacial score (nSPS) is 9.45. The first-order chi connectivity index (χ1) is 28.5. The minimum Gasteiger partial charge on any atom is -0.870 e. The molecular weight excluding hydrogens is 1130 g/mol. The van der Waals surface area contributed by atoms with Gasteiger partial charge in [0.1, 0.15) is 11.5 Å². The average Bonchev–Trinajstić information content (AvgIpc) is 3.18. The molecule has 4 aromatic carbocycles. The zero-order valence-corrected chi connectivity index (χ0v) is 35.4. The third-order valence-corrected chi connectivity index (χ3v) is 6.77. The van der Waals surface area contributed by atoms with E-state index < -0.39 is 20.3 Å². The van der Waals surface area contributed by atoms with Crippen molar-refractivity contribution in [3.05, 3.63) is 193 Å². The van der Waals surface area contributed by atoms with Crippen molar-refractivity contribution in [2.45, 2.75) is 13.1 Å². The molecule has 6 rings (SSSR count). The van der Waals surface area contributed by atoms with E-state index in [0.29, 0.717) is 35.7 Å². The molecule has 0 saturated carbocycles. The van der Waals surface area contributed by atoms with E-state index in [1.54, 1.807) is 48.8 Å². The van der Waals surface area contributed by atoms with Crippen LogP contribution >= 0.6 is 0 Å². The van der Waals surface area contributed by atoms with Crippen LogP contribution in [0.3, 0.4) is 0 Å². The van der Waals surface area contributed by atoms with Crippen molar-refractivity contribution in [1.82, 2.24) is 9.97 Å². The number of para-hydroxylation sites is 4. The average molecular weight is 1170 g/mol. The van der Waals surface area contributed by atoms with Crippen molar-refractivity contribution in [2.75, 3.05) is 14.2 Å². The fourth-order valence-electron chi connectivity index (χ4n) is 4.48. The Morgan fingerprint density at radius 3 is 1.10 bits per heavy atom. The number of fused-ring (bicyclic) bond motifs is 2. The van der Waals surface area contributed by atoms with E-state index in [1.165, 1.54) is 14.2 Å². The Morgan fingerprint density at radius 1 is 0.484 bits per heavy atom. The second-order valence-corrected chi connectivity index (χ2v) is 10.6. The van der Waals surface area contributed by atoms with Gasteiger partial charge in [0.05, 0.1) is 70.1 Å². The van der Waals surface area contributed by atoms with Gasteiger partial charge in [0.25, 0.3) is 0 Å². The third-order valence-electron chi connectivity index (χ3n) is 6.77. The third kappa shape index (κ3) is 24.6. The van der Waals surface area contributed by atoms with Crippen LogP contribution in [0.25, 0.3) is 21.8 Å². The summed E-state index contributed by atoms with van der Waals surface area (Å²) in [6.07, 6.45) is 3.37. The summed E-state index contributed by atoms with van der Waals surface area (Å²) in [6, 6.07) is 34.1. The van der Waals surface area contributed by atoms with Gasteiger partial charge in [0.2, 0.25) is 0 Å². The predicted octanol–water partition coefficient (Wildman–Crippen LogP) is 4.92. The van der Waals surface area contributed by atoms with Crippen molar-refractivity contribution in [2.24, 2.45) is 9.98 Å². The first-order valence-electron chi connectivity index (χ1n) is 16.1. The molecule has 0 N–H and O–H groups in total. The SMILES string of the molecule is COc1cccc(CN=Cc2ccc3ccccc3n2)c1[O-].COc1cccc(CN=Cc2ccc3ccccc3n2)c1[O-].O=[N+]([O-])[O-].O=[N+]([O-])[O-].O=[N+]([O-])[O-].O=[N+]([O-])[O-].[Er+3].[Er+3]. The van der Waals surface area contributed by atoms with Gasteiger partial charge in [0.15, 0.2) is 0 Å². The Kier molecular flexibility index (Phi) is 30.0. The molecule has 62 heavy (non-hydrogen) atoms. The van der Waals surface area contributed by atoms with Crippen molar-refractivity contribution < 1.29 is 115 Å². The molecule has 0 amide bonds. The summed E-state index contributed by atoms with van der Waals surface area (Å²) in [7, 11) is 2.98. The summed E-state index contributed by atoms with van der Waals surface area (Å²) in [5, 5.41) is 85.2. The largest absolute Gasteiger partial charge is 3.00 e. The number of hydrogen-bond acceptors (Lipinski definition) is 20. The Hall–Kier alpha value is -6.47. The summed E-state index contributed by atoms with van der Waals surface area (Å²) < 4.78 is 10.0. The van der Waals surface area contributed by atoms with Crippen LogP contribution in [0, 0.1) is 136 Å². The number of ether oxygens (including phenoxy) is 2. The van der Waals surface area contributed by atoms with Crippen molar-refractivity contribution in [3.63, 3.8) is 0 Å². The number of methoxy groups -OCH3 is 2. The molecule has 0 aliphatic heterocycles. The fourth-order valence-corrected chi connectivity index (χ4v) is 4.48. The summed E-state index contributed by atoms with van der Waals surface area (Å²) in [6.45, 7) is 0.620. The summed E-state index contributed by atoms with van der Waals surface area (Å²) in [5.74, 6) is 0.454. The first kappa shape index (κ1) is 57.6. The maximum atomic E-state index is 12.0. The van der Waals surface area contributed by atoms with Crippen LogP contribution < -0.4 is 19.7 Å². The number of nitrogens with zero attached hydrogens (tertiary/aromatic N) is 8. The van der Waals surface area contributed by atoms with Crippen LogP contribution in [-0.2, 0) is 13.1 Å². The van der Waals surface area contributed by atoms with Gasteiger partial charge in [-0.1, -0.05) is 84.3 Å². The van der Waals surface area contributed by atoms with E-state index in [4.69, 9.17) is 70.8 Å². The van der Waals surface area contributed by atoms with Gasteiger partial charge in [-0.05, 0) is 47.5 Å². The molecule has 0 spiro atoms. The maximum absolute atomic E-state index is 12.0. The quantitative estimate of drug-likeness (QED) is 0.111.